The molecule has 3 heterocycles. The van der Waals surface area contributed by atoms with E-state index in [9.17, 15) is 4.79 Å². The molecule has 3 aromatic heterocycles. The Morgan fingerprint density at radius 2 is 2.06 bits per heavy atom. The molecule has 2 N–H and O–H groups in total. The molecule has 0 bridgehead atoms. The van der Waals surface area contributed by atoms with Crippen molar-refractivity contribution in [3.8, 4) is 17.3 Å². The average Bonchev–Trinajstić information content (AvgIpc) is 3.38. The minimum Gasteiger partial charge on any atom is -0.470 e. The molecule has 1 saturated carbocycles. The predicted molar refractivity (Wildman–Crippen MR) is 125 cm³/mol. The topological polar surface area (TPSA) is 109 Å². The lowest BCUT2D eigenvalue weighted by Gasteiger charge is -2.13. The Kier molecular flexibility index (Phi) is 5.25. The Labute approximate surface area is 195 Å². The summed E-state index contributed by atoms with van der Waals surface area (Å²) in [6.07, 6.45) is 5.35. The third-order valence-electron chi connectivity index (χ3n) is 5.89. The molecule has 5 rings (SSSR count). The maximum atomic E-state index is 11.3. The second-order valence-corrected chi connectivity index (χ2v) is 9.04. The van der Waals surface area contributed by atoms with Crippen LogP contribution in [0.1, 0.15) is 36.6 Å². The molecule has 0 atom stereocenters. The van der Waals surface area contributed by atoms with Crippen LogP contribution in [0.4, 0.5) is 0 Å². The highest BCUT2D eigenvalue weighted by molar-refractivity contribution is 6.33. The van der Waals surface area contributed by atoms with Gasteiger partial charge in [0.2, 0.25) is 11.8 Å². The summed E-state index contributed by atoms with van der Waals surface area (Å²) in [7, 11) is 0. The van der Waals surface area contributed by atoms with Crippen LogP contribution in [0, 0.1) is 6.92 Å². The second kappa shape index (κ2) is 8.12. The fraction of sp³-hybridized carbons (Fsp3) is 0.292. The Morgan fingerprint density at radius 3 is 2.76 bits per heavy atom. The zero-order valence-electron chi connectivity index (χ0n) is 18.4. The molecule has 1 amide bonds. The Hall–Kier alpha value is -3.52. The molecular formula is C24H23ClN6O2. The van der Waals surface area contributed by atoms with E-state index in [4.69, 9.17) is 27.1 Å². The molecule has 1 fully saturated rings. The summed E-state index contributed by atoms with van der Waals surface area (Å²) >= 11 is 6.65. The maximum Gasteiger partial charge on any atom is 0.245 e. The molecule has 4 aromatic rings. The molecule has 1 aromatic carbocycles. The fourth-order valence-corrected chi connectivity index (χ4v) is 4.05. The number of rotatable bonds is 7. The van der Waals surface area contributed by atoms with Gasteiger partial charge in [0.25, 0.3) is 0 Å². The number of benzene rings is 1. The summed E-state index contributed by atoms with van der Waals surface area (Å²) < 4.78 is 8.17. The summed E-state index contributed by atoms with van der Waals surface area (Å²) in [6, 6.07) is 9.36. The van der Waals surface area contributed by atoms with Crippen molar-refractivity contribution in [2.45, 2.75) is 45.3 Å². The molecule has 1 aliphatic carbocycles. The summed E-state index contributed by atoms with van der Waals surface area (Å²) in [4.78, 5) is 29.5. The van der Waals surface area contributed by atoms with Gasteiger partial charge in [-0.3, -0.25) is 9.78 Å². The van der Waals surface area contributed by atoms with E-state index in [1.54, 1.807) is 12.3 Å². The number of halogens is 1. The number of amides is 1. The molecule has 1 aliphatic rings. The first-order chi connectivity index (χ1) is 15.8. The Bertz CT molecular complexity index is 1380. The molecule has 168 valence electrons. The summed E-state index contributed by atoms with van der Waals surface area (Å²) in [5.74, 6) is 0.684. The standard InChI is InChI=1S/C24H23ClN6O2/c1-14-16(4-3-9-27-14)12-31-21(17-6-5-15(10-18(17)25)11-19(26)32)30-20-22(31)28-13-29-23(20)33-24(2)7-8-24/h3-6,9-10,13H,7-8,11-12H2,1-2H3,(H2,26,32). The normalized spacial score (nSPS) is 14.4. The van der Waals surface area contributed by atoms with Crippen LogP contribution in [0.25, 0.3) is 22.6 Å². The third-order valence-corrected chi connectivity index (χ3v) is 6.21. The highest BCUT2D eigenvalue weighted by Gasteiger charge is 2.41. The van der Waals surface area contributed by atoms with E-state index in [0.717, 1.165) is 29.7 Å². The van der Waals surface area contributed by atoms with E-state index < -0.39 is 5.91 Å². The number of fused-ring (bicyclic) bond motifs is 1. The van der Waals surface area contributed by atoms with Crippen LogP contribution in [0.3, 0.4) is 0 Å². The van der Waals surface area contributed by atoms with Crippen molar-refractivity contribution in [3.63, 3.8) is 0 Å². The minimum atomic E-state index is -0.413. The van der Waals surface area contributed by atoms with Gasteiger partial charge < -0.3 is 15.0 Å². The number of ether oxygens (including phenoxy) is 1. The van der Waals surface area contributed by atoms with Crippen molar-refractivity contribution >= 4 is 28.7 Å². The van der Waals surface area contributed by atoms with Crippen LogP contribution in [0.2, 0.25) is 5.02 Å². The maximum absolute atomic E-state index is 11.3. The SMILES string of the molecule is Cc1ncccc1Cn1c(-c2ccc(CC(N)=O)cc2Cl)nc2c(OC3(C)CC3)ncnc21. The molecule has 0 unspecified atom stereocenters. The van der Waals surface area contributed by atoms with Gasteiger partial charge >= 0.3 is 0 Å². The number of nitrogens with two attached hydrogens (primary N) is 1. The number of pyridine rings is 1. The molecule has 8 nitrogen and oxygen atoms in total. The highest BCUT2D eigenvalue weighted by Crippen LogP contribution is 2.41. The van der Waals surface area contributed by atoms with Crippen LogP contribution in [0.5, 0.6) is 5.88 Å². The van der Waals surface area contributed by atoms with Crippen LogP contribution >= 0.6 is 11.6 Å². The quantitative estimate of drug-likeness (QED) is 0.446. The van der Waals surface area contributed by atoms with E-state index in [1.165, 1.54) is 6.33 Å². The number of carbonyl (C=O) groups is 1. The second-order valence-electron chi connectivity index (χ2n) is 8.63. The predicted octanol–water partition coefficient (Wildman–Crippen LogP) is 3.86. The van der Waals surface area contributed by atoms with Crippen molar-refractivity contribution in [1.82, 2.24) is 24.5 Å². The van der Waals surface area contributed by atoms with E-state index >= 15 is 0 Å². The molecular weight excluding hydrogens is 440 g/mol. The zero-order valence-corrected chi connectivity index (χ0v) is 19.1. The van der Waals surface area contributed by atoms with Gasteiger partial charge in [0.05, 0.1) is 18.0 Å². The molecule has 33 heavy (non-hydrogen) atoms. The molecule has 0 saturated heterocycles. The van der Waals surface area contributed by atoms with Crippen molar-refractivity contribution < 1.29 is 9.53 Å². The summed E-state index contributed by atoms with van der Waals surface area (Å²) in [6.45, 7) is 4.53. The molecule has 0 radical (unpaired) electrons. The Morgan fingerprint density at radius 1 is 1.24 bits per heavy atom. The largest absolute Gasteiger partial charge is 0.470 e. The molecule has 0 aliphatic heterocycles. The first kappa shape index (κ1) is 21.3. The third kappa shape index (κ3) is 4.26. The van der Waals surface area contributed by atoms with Gasteiger partial charge in [-0.1, -0.05) is 23.7 Å². The van der Waals surface area contributed by atoms with Gasteiger partial charge in [0, 0.05) is 17.5 Å². The number of primary amides is 1. The number of imidazole rings is 1. The number of hydrogen-bond donors (Lipinski definition) is 1. The number of nitrogens with zero attached hydrogens (tertiary/aromatic N) is 5. The van der Waals surface area contributed by atoms with Crippen LogP contribution < -0.4 is 10.5 Å². The average molecular weight is 463 g/mol. The first-order valence-corrected chi connectivity index (χ1v) is 11.1. The van der Waals surface area contributed by atoms with Crippen molar-refractivity contribution in [3.05, 3.63) is 64.7 Å². The lowest BCUT2D eigenvalue weighted by atomic mass is 10.1. The minimum absolute atomic E-state index is 0.118. The van der Waals surface area contributed by atoms with Crippen molar-refractivity contribution in [1.29, 1.82) is 0 Å². The van der Waals surface area contributed by atoms with E-state index in [0.29, 0.717) is 40.0 Å². The van der Waals surface area contributed by atoms with Crippen molar-refractivity contribution in [2.24, 2.45) is 5.73 Å². The summed E-state index contributed by atoms with van der Waals surface area (Å²) in [5.41, 5.74) is 9.78. The number of hydrogen-bond acceptors (Lipinski definition) is 6. The van der Waals surface area contributed by atoms with Gasteiger partial charge in [-0.15, -0.1) is 0 Å². The van der Waals surface area contributed by atoms with E-state index in [-0.39, 0.29) is 12.0 Å². The first-order valence-electron chi connectivity index (χ1n) is 10.7. The van der Waals surface area contributed by atoms with Gasteiger partial charge in [0.15, 0.2) is 11.2 Å². The monoisotopic (exact) mass is 462 g/mol. The van der Waals surface area contributed by atoms with E-state index in [1.807, 2.05) is 35.8 Å². The summed E-state index contributed by atoms with van der Waals surface area (Å²) in [5, 5.41) is 0.470. The molecule has 9 heteroatoms. The van der Waals surface area contributed by atoms with Crippen LogP contribution in [0.15, 0.2) is 42.9 Å². The molecule has 0 spiro atoms. The number of carbonyl (C=O) groups excluding carboxylic acids is 1. The van der Waals surface area contributed by atoms with Gasteiger partial charge in [-0.2, -0.15) is 4.98 Å². The smallest absolute Gasteiger partial charge is 0.245 e. The van der Waals surface area contributed by atoms with Crippen LogP contribution in [-0.2, 0) is 17.8 Å². The van der Waals surface area contributed by atoms with Gasteiger partial charge in [-0.25, -0.2) is 9.97 Å². The van der Waals surface area contributed by atoms with Crippen molar-refractivity contribution in [2.75, 3.05) is 0 Å². The zero-order chi connectivity index (χ0) is 23.2. The van der Waals surface area contributed by atoms with Gasteiger partial charge in [-0.05, 0) is 56.0 Å². The lowest BCUT2D eigenvalue weighted by molar-refractivity contribution is -0.117. The fourth-order valence-electron chi connectivity index (χ4n) is 3.76. The Balaban J connectivity index is 1.67. The number of aromatic nitrogens is 5. The van der Waals surface area contributed by atoms with E-state index in [2.05, 4.69) is 21.9 Å². The van der Waals surface area contributed by atoms with Crippen LogP contribution in [-0.4, -0.2) is 36.0 Å². The highest BCUT2D eigenvalue weighted by atomic mass is 35.5. The lowest BCUT2D eigenvalue weighted by Crippen LogP contribution is -2.13. The van der Waals surface area contributed by atoms with Gasteiger partial charge in [0.1, 0.15) is 17.8 Å². The number of aryl methyl sites for hydroxylation is 1.